The van der Waals surface area contributed by atoms with E-state index in [4.69, 9.17) is 5.14 Å². The molecule has 0 spiro atoms. The van der Waals surface area contributed by atoms with E-state index in [0.717, 1.165) is 23.4 Å². The molecule has 0 aliphatic rings. The lowest BCUT2D eigenvalue weighted by Gasteiger charge is -2.09. The summed E-state index contributed by atoms with van der Waals surface area (Å²) < 4.78 is 25.5. The van der Waals surface area contributed by atoms with E-state index in [1.165, 1.54) is 6.07 Å². The second kappa shape index (κ2) is 5.55. The molecule has 6 heteroatoms. The number of para-hydroxylation sites is 2. The highest BCUT2D eigenvalue weighted by atomic mass is 32.2. The fourth-order valence-electron chi connectivity index (χ4n) is 2.71. The normalized spacial score (nSPS) is 11.9. The first-order valence-electron chi connectivity index (χ1n) is 7.05. The van der Waals surface area contributed by atoms with Crippen LogP contribution in [0.5, 0.6) is 0 Å². The molecule has 3 rings (SSSR count). The molecule has 2 N–H and O–H groups in total. The Morgan fingerprint density at radius 2 is 1.77 bits per heavy atom. The van der Waals surface area contributed by atoms with Gasteiger partial charge in [-0.2, -0.15) is 0 Å². The van der Waals surface area contributed by atoms with Gasteiger partial charge in [0.15, 0.2) is 0 Å². The van der Waals surface area contributed by atoms with Crippen molar-refractivity contribution in [2.45, 2.75) is 24.8 Å². The van der Waals surface area contributed by atoms with Crippen LogP contribution in [-0.4, -0.2) is 18.0 Å². The van der Waals surface area contributed by atoms with Crippen LogP contribution in [0.3, 0.4) is 0 Å². The number of aryl methyl sites for hydroxylation is 1. The van der Waals surface area contributed by atoms with Crippen molar-refractivity contribution in [2.75, 3.05) is 0 Å². The molecule has 2 aromatic carbocycles. The number of nitrogens with two attached hydrogens (primary N) is 1. The number of rotatable bonds is 4. The van der Waals surface area contributed by atoms with Crippen LogP contribution in [0.25, 0.3) is 11.0 Å². The van der Waals surface area contributed by atoms with Gasteiger partial charge in [-0.3, -0.25) is 0 Å². The van der Waals surface area contributed by atoms with Gasteiger partial charge >= 0.3 is 0 Å². The second-order valence-corrected chi connectivity index (χ2v) is 6.62. The number of primary sulfonamides is 1. The molecule has 0 radical (unpaired) electrons. The third-order valence-electron chi connectivity index (χ3n) is 3.68. The van der Waals surface area contributed by atoms with E-state index in [2.05, 4.69) is 9.55 Å². The molecule has 0 bridgehead atoms. The summed E-state index contributed by atoms with van der Waals surface area (Å²) in [5.74, 6) is 0.833. The minimum absolute atomic E-state index is 0.157. The molecule has 0 aliphatic carbocycles. The number of nitrogens with zero attached hydrogens (tertiary/aromatic N) is 2. The van der Waals surface area contributed by atoms with Gasteiger partial charge in [-0.1, -0.05) is 30.3 Å². The smallest absolute Gasteiger partial charge is 0.238 e. The van der Waals surface area contributed by atoms with Crippen molar-refractivity contribution in [1.29, 1.82) is 0 Å². The van der Waals surface area contributed by atoms with E-state index in [0.29, 0.717) is 12.0 Å². The van der Waals surface area contributed by atoms with Crippen molar-refractivity contribution in [3.8, 4) is 0 Å². The standard InChI is InChI=1S/C16H17N3O2S/c1-2-19-14-9-5-4-8-13(14)18-16(19)11-12-7-3-6-10-15(12)22(17,20)21/h3-10H,2,11H2,1H3,(H2,17,20,21). The monoisotopic (exact) mass is 315 g/mol. The Morgan fingerprint density at radius 1 is 1.09 bits per heavy atom. The third-order valence-corrected chi connectivity index (χ3v) is 4.69. The summed E-state index contributed by atoms with van der Waals surface area (Å²) in [6, 6.07) is 14.7. The van der Waals surface area contributed by atoms with Crippen molar-refractivity contribution >= 4 is 21.1 Å². The summed E-state index contributed by atoms with van der Waals surface area (Å²) in [5.41, 5.74) is 2.62. The molecule has 22 heavy (non-hydrogen) atoms. The molecule has 0 saturated carbocycles. The molecule has 3 aromatic rings. The quantitative estimate of drug-likeness (QED) is 0.802. The van der Waals surface area contributed by atoms with E-state index in [-0.39, 0.29) is 4.90 Å². The number of hydrogen-bond acceptors (Lipinski definition) is 3. The van der Waals surface area contributed by atoms with Crippen molar-refractivity contribution in [3.05, 3.63) is 59.9 Å². The maximum atomic E-state index is 11.7. The molecule has 114 valence electrons. The van der Waals surface area contributed by atoms with Crippen LogP contribution >= 0.6 is 0 Å². The Morgan fingerprint density at radius 3 is 2.50 bits per heavy atom. The first-order valence-corrected chi connectivity index (χ1v) is 8.60. The van der Waals surface area contributed by atoms with Gasteiger partial charge in [0.2, 0.25) is 10.0 Å². The number of hydrogen-bond donors (Lipinski definition) is 1. The van der Waals surface area contributed by atoms with Gasteiger partial charge < -0.3 is 4.57 Å². The highest BCUT2D eigenvalue weighted by Crippen LogP contribution is 2.21. The maximum Gasteiger partial charge on any atom is 0.238 e. The molecule has 0 unspecified atom stereocenters. The van der Waals surface area contributed by atoms with Gasteiger partial charge in [0, 0.05) is 13.0 Å². The van der Waals surface area contributed by atoms with Gasteiger partial charge in [-0.15, -0.1) is 0 Å². The van der Waals surface area contributed by atoms with Crippen molar-refractivity contribution < 1.29 is 8.42 Å². The minimum atomic E-state index is -3.74. The van der Waals surface area contributed by atoms with Crippen LogP contribution in [0, 0.1) is 0 Å². The summed E-state index contributed by atoms with van der Waals surface area (Å²) in [4.78, 5) is 4.79. The van der Waals surface area contributed by atoms with Gasteiger partial charge in [0.05, 0.1) is 15.9 Å². The molecule has 0 aliphatic heterocycles. The Bertz CT molecular complexity index is 929. The SMILES string of the molecule is CCn1c(Cc2ccccc2S(N)(=O)=O)nc2ccccc21. The molecule has 0 amide bonds. The van der Waals surface area contributed by atoms with Gasteiger partial charge in [-0.25, -0.2) is 18.5 Å². The van der Waals surface area contributed by atoms with Crippen molar-refractivity contribution in [2.24, 2.45) is 5.14 Å². The average Bonchev–Trinajstić information content (AvgIpc) is 2.83. The number of imidazole rings is 1. The van der Waals surface area contributed by atoms with Crippen LogP contribution in [0.15, 0.2) is 53.4 Å². The van der Waals surface area contributed by atoms with Crippen LogP contribution in [-0.2, 0) is 23.0 Å². The maximum absolute atomic E-state index is 11.7. The fraction of sp³-hybridized carbons (Fsp3) is 0.188. The predicted octanol–water partition coefficient (Wildman–Crippen LogP) is 2.29. The van der Waals surface area contributed by atoms with Crippen molar-refractivity contribution in [1.82, 2.24) is 9.55 Å². The fourth-order valence-corrected chi connectivity index (χ4v) is 3.48. The van der Waals surface area contributed by atoms with Crippen LogP contribution in [0.4, 0.5) is 0 Å². The van der Waals surface area contributed by atoms with Crippen LogP contribution in [0.2, 0.25) is 0 Å². The predicted molar refractivity (Wildman–Crippen MR) is 86.0 cm³/mol. The zero-order valence-corrected chi connectivity index (χ0v) is 13.0. The molecule has 1 heterocycles. The number of fused-ring (bicyclic) bond motifs is 1. The lowest BCUT2D eigenvalue weighted by molar-refractivity contribution is 0.596. The summed E-state index contributed by atoms with van der Waals surface area (Å²) in [7, 11) is -3.74. The highest BCUT2D eigenvalue weighted by molar-refractivity contribution is 7.89. The lowest BCUT2D eigenvalue weighted by atomic mass is 10.1. The van der Waals surface area contributed by atoms with Gasteiger partial charge in [0.25, 0.3) is 0 Å². The summed E-state index contributed by atoms with van der Waals surface area (Å²) in [6.45, 7) is 2.82. The van der Waals surface area contributed by atoms with Crippen molar-refractivity contribution in [3.63, 3.8) is 0 Å². The number of aromatic nitrogens is 2. The number of benzene rings is 2. The second-order valence-electron chi connectivity index (χ2n) is 5.09. The number of sulfonamides is 1. The molecule has 0 atom stereocenters. The molecule has 5 nitrogen and oxygen atoms in total. The van der Waals surface area contributed by atoms with E-state index >= 15 is 0 Å². The van der Waals surface area contributed by atoms with E-state index in [9.17, 15) is 8.42 Å². The summed E-state index contributed by atoms with van der Waals surface area (Å²) >= 11 is 0. The zero-order chi connectivity index (χ0) is 15.7. The van der Waals surface area contributed by atoms with E-state index in [1.807, 2.05) is 37.3 Å². The minimum Gasteiger partial charge on any atom is -0.328 e. The highest BCUT2D eigenvalue weighted by Gasteiger charge is 2.16. The first kappa shape index (κ1) is 14.7. The molecular formula is C16H17N3O2S. The van der Waals surface area contributed by atoms with Gasteiger partial charge in [0.1, 0.15) is 5.82 Å². The largest absolute Gasteiger partial charge is 0.328 e. The van der Waals surface area contributed by atoms with Gasteiger partial charge in [-0.05, 0) is 30.7 Å². The Balaban J connectivity index is 2.12. The topological polar surface area (TPSA) is 78.0 Å². The molecule has 0 saturated heterocycles. The Labute approximate surface area is 129 Å². The van der Waals surface area contributed by atoms with E-state index < -0.39 is 10.0 Å². The summed E-state index contributed by atoms with van der Waals surface area (Å²) in [6.07, 6.45) is 0.426. The zero-order valence-electron chi connectivity index (χ0n) is 12.2. The van der Waals surface area contributed by atoms with Crippen LogP contribution < -0.4 is 5.14 Å². The lowest BCUT2D eigenvalue weighted by Crippen LogP contribution is -2.15. The van der Waals surface area contributed by atoms with Crippen LogP contribution in [0.1, 0.15) is 18.3 Å². The Kier molecular flexibility index (Phi) is 3.72. The summed E-state index contributed by atoms with van der Waals surface area (Å²) in [5, 5.41) is 5.30. The first-order chi connectivity index (χ1) is 10.5. The van der Waals surface area contributed by atoms with E-state index in [1.54, 1.807) is 12.1 Å². The molecule has 1 aromatic heterocycles. The molecule has 0 fully saturated rings. The third kappa shape index (κ3) is 2.63. The Hall–Kier alpha value is -2.18. The molecular weight excluding hydrogens is 298 g/mol. The average molecular weight is 315 g/mol.